The molecule has 3 aromatic rings. The molecule has 2 atom stereocenters. The third kappa shape index (κ3) is 4.74. The fraction of sp³-hybridized carbons (Fsp3) is 0.346. The lowest BCUT2D eigenvalue weighted by molar-refractivity contribution is -0.119. The van der Waals surface area contributed by atoms with Gasteiger partial charge in [-0.2, -0.15) is 0 Å². The summed E-state index contributed by atoms with van der Waals surface area (Å²) in [4.78, 5) is 19.0. The summed E-state index contributed by atoms with van der Waals surface area (Å²) in [6.07, 6.45) is 1.80. The Bertz CT molecular complexity index is 1230. The van der Waals surface area contributed by atoms with E-state index in [1.54, 1.807) is 13.3 Å². The molecule has 2 N–H and O–H groups in total. The smallest absolute Gasteiger partial charge is 0.250 e. The van der Waals surface area contributed by atoms with Gasteiger partial charge >= 0.3 is 0 Å². The van der Waals surface area contributed by atoms with Crippen LogP contribution < -0.4 is 20.3 Å². The molecule has 0 saturated carbocycles. The number of ether oxygens (including phenoxy) is 2. The van der Waals surface area contributed by atoms with E-state index in [2.05, 4.69) is 51.9 Å². The van der Waals surface area contributed by atoms with Gasteiger partial charge in [0.2, 0.25) is 5.91 Å². The Balaban J connectivity index is 1.83. The van der Waals surface area contributed by atoms with Crippen LogP contribution in [0.2, 0.25) is 0 Å². The maximum atomic E-state index is 12.3. The van der Waals surface area contributed by atoms with Crippen LogP contribution in [0, 0.1) is 13.8 Å². The zero-order valence-corrected chi connectivity index (χ0v) is 21.5. The number of carbonyl (C=O) groups excluding carboxylic acids is 1. The van der Waals surface area contributed by atoms with E-state index in [4.69, 9.17) is 21.7 Å². The molecule has 35 heavy (non-hydrogen) atoms. The van der Waals surface area contributed by atoms with E-state index in [1.165, 1.54) is 24.1 Å². The van der Waals surface area contributed by atoms with Crippen molar-refractivity contribution >= 4 is 34.6 Å². The highest BCUT2D eigenvalue weighted by Crippen LogP contribution is 2.44. The predicted octanol–water partition coefficient (Wildman–Crippen LogP) is 4.29. The summed E-state index contributed by atoms with van der Waals surface area (Å²) in [5, 5.41) is 6.96. The van der Waals surface area contributed by atoms with E-state index < -0.39 is 0 Å². The molecule has 0 spiro atoms. The number of anilines is 2. The molecule has 1 amide bonds. The van der Waals surface area contributed by atoms with E-state index >= 15 is 0 Å². The Hall–Kier alpha value is -3.43. The zero-order chi connectivity index (χ0) is 25.1. The molecule has 1 aromatic carbocycles. The van der Waals surface area contributed by atoms with E-state index in [0.29, 0.717) is 16.5 Å². The SMILES string of the molecule is CCn1c(C)cc(C2C(c3ccccn3)NC(=S)N2c2ccc(OC)c(NC(=O)COC)c2)c1C. The predicted molar refractivity (Wildman–Crippen MR) is 141 cm³/mol. The van der Waals surface area contributed by atoms with Crippen molar-refractivity contribution < 1.29 is 14.3 Å². The van der Waals surface area contributed by atoms with Crippen molar-refractivity contribution in [2.24, 2.45) is 0 Å². The average molecular weight is 494 g/mol. The second-order valence-electron chi connectivity index (χ2n) is 8.43. The number of thiocarbonyl (C=S) groups is 1. The number of hydrogen-bond donors (Lipinski definition) is 2. The van der Waals surface area contributed by atoms with Gasteiger partial charge in [0.25, 0.3) is 0 Å². The number of aryl methyl sites for hydroxylation is 1. The molecule has 1 aliphatic rings. The van der Waals surface area contributed by atoms with Crippen LogP contribution >= 0.6 is 12.2 Å². The van der Waals surface area contributed by atoms with Crippen LogP contribution in [0.1, 0.15) is 41.7 Å². The molecule has 9 heteroatoms. The molecule has 0 aliphatic carbocycles. The lowest BCUT2D eigenvalue weighted by atomic mass is 9.96. The Morgan fingerprint density at radius 2 is 2.00 bits per heavy atom. The highest BCUT2D eigenvalue weighted by molar-refractivity contribution is 7.80. The topological polar surface area (TPSA) is 80.7 Å². The standard InChI is InChI=1S/C26H31N5O3S/c1-6-30-16(2)13-19(17(30)3)25-24(20-9-7-8-12-27-20)29-26(35)31(25)18-10-11-22(34-5)21(14-18)28-23(32)15-33-4/h7-14,24-25H,6,15H2,1-5H3,(H,28,32)(H,29,35). The summed E-state index contributed by atoms with van der Waals surface area (Å²) in [6.45, 7) is 7.25. The van der Waals surface area contributed by atoms with Gasteiger partial charge in [0, 0.05) is 36.9 Å². The second kappa shape index (κ2) is 10.5. The number of benzene rings is 1. The molecule has 2 aromatic heterocycles. The summed E-state index contributed by atoms with van der Waals surface area (Å²) in [6, 6.07) is 13.5. The highest BCUT2D eigenvalue weighted by Gasteiger charge is 2.42. The quantitative estimate of drug-likeness (QED) is 0.453. The van der Waals surface area contributed by atoms with Crippen LogP contribution in [-0.4, -0.2) is 41.4 Å². The summed E-state index contributed by atoms with van der Waals surface area (Å²) in [5.41, 5.74) is 5.85. The number of nitrogens with zero attached hydrogens (tertiary/aromatic N) is 3. The molecule has 0 radical (unpaired) electrons. The van der Waals surface area contributed by atoms with E-state index in [1.807, 2.05) is 36.4 Å². The van der Waals surface area contributed by atoms with Gasteiger partial charge in [0.1, 0.15) is 12.4 Å². The Morgan fingerprint density at radius 1 is 1.20 bits per heavy atom. The molecule has 184 valence electrons. The van der Waals surface area contributed by atoms with Crippen LogP contribution in [0.25, 0.3) is 0 Å². The normalized spacial score (nSPS) is 17.4. The van der Waals surface area contributed by atoms with Crippen molar-refractivity contribution in [1.82, 2.24) is 14.9 Å². The minimum Gasteiger partial charge on any atom is -0.495 e. The van der Waals surface area contributed by atoms with Gasteiger partial charge < -0.3 is 29.6 Å². The Kier molecular flexibility index (Phi) is 7.37. The molecular weight excluding hydrogens is 462 g/mol. The molecule has 1 aliphatic heterocycles. The third-order valence-electron chi connectivity index (χ3n) is 6.36. The van der Waals surface area contributed by atoms with Gasteiger partial charge in [-0.3, -0.25) is 9.78 Å². The average Bonchev–Trinajstić information content (AvgIpc) is 3.34. The van der Waals surface area contributed by atoms with Crippen LogP contribution in [0.15, 0.2) is 48.7 Å². The first-order valence-electron chi connectivity index (χ1n) is 11.5. The number of aromatic nitrogens is 2. The van der Waals surface area contributed by atoms with Gasteiger partial charge in [-0.1, -0.05) is 6.07 Å². The number of methoxy groups -OCH3 is 2. The summed E-state index contributed by atoms with van der Waals surface area (Å²) in [7, 11) is 3.05. The number of pyridine rings is 1. The lowest BCUT2D eigenvalue weighted by Crippen LogP contribution is -2.29. The number of nitrogens with one attached hydrogen (secondary N) is 2. The molecule has 1 fully saturated rings. The number of hydrogen-bond acceptors (Lipinski definition) is 5. The number of rotatable bonds is 8. The molecule has 3 heterocycles. The van der Waals surface area contributed by atoms with Crippen LogP contribution in [0.3, 0.4) is 0 Å². The second-order valence-corrected chi connectivity index (χ2v) is 8.82. The molecule has 8 nitrogen and oxygen atoms in total. The highest BCUT2D eigenvalue weighted by atomic mass is 32.1. The molecule has 1 saturated heterocycles. The number of amides is 1. The van der Waals surface area contributed by atoms with Crippen molar-refractivity contribution in [2.45, 2.75) is 39.4 Å². The minimum absolute atomic E-state index is 0.0511. The minimum atomic E-state index is -0.264. The van der Waals surface area contributed by atoms with Crippen molar-refractivity contribution in [3.05, 3.63) is 71.3 Å². The third-order valence-corrected chi connectivity index (χ3v) is 6.67. The van der Waals surface area contributed by atoms with Crippen molar-refractivity contribution in [3.8, 4) is 5.75 Å². The largest absolute Gasteiger partial charge is 0.495 e. The lowest BCUT2D eigenvalue weighted by Gasteiger charge is -2.29. The van der Waals surface area contributed by atoms with Crippen LogP contribution in [-0.2, 0) is 16.1 Å². The van der Waals surface area contributed by atoms with Crippen molar-refractivity contribution in [3.63, 3.8) is 0 Å². The summed E-state index contributed by atoms with van der Waals surface area (Å²) < 4.78 is 12.8. The van der Waals surface area contributed by atoms with Gasteiger partial charge in [0.05, 0.1) is 30.6 Å². The molecule has 4 rings (SSSR count). The van der Waals surface area contributed by atoms with Gasteiger partial charge in [-0.25, -0.2) is 0 Å². The Morgan fingerprint density at radius 3 is 2.63 bits per heavy atom. The molecular formula is C26H31N5O3S. The van der Waals surface area contributed by atoms with Crippen LogP contribution in [0.4, 0.5) is 11.4 Å². The Labute approximate surface area is 211 Å². The molecule has 2 unspecified atom stereocenters. The van der Waals surface area contributed by atoms with Crippen molar-refractivity contribution in [2.75, 3.05) is 31.0 Å². The fourth-order valence-corrected chi connectivity index (χ4v) is 5.17. The first-order valence-corrected chi connectivity index (χ1v) is 11.9. The van der Waals surface area contributed by atoms with Crippen molar-refractivity contribution in [1.29, 1.82) is 0 Å². The van der Waals surface area contributed by atoms with Crippen LogP contribution in [0.5, 0.6) is 5.75 Å². The summed E-state index contributed by atoms with van der Waals surface area (Å²) >= 11 is 5.86. The first kappa shape index (κ1) is 24.7. The fourth-order valence-electron chi connectivity index (χ4n) is 4.82. The summed E-state index contributed by atoms with van der Waals surface area (Å²) in [5.74, 6) is 0.290. The van der Waals surface area contributed by atoms with Gasteiger partial charge in [0.15, 0.2) is 5.11 Å². The first-order chi connectivity index (χ1) is 16.9. The van der Waals surface area contributed by atoms with E-state index in [0.717, 1.165) is 17.9 Å². The maximum Gasteiger partial charge on any atom is 0.250 e. The number of carbonyl (C=O) groups is 1. The van der Waals surface area contributed by atoms with E-state index in [9.17, 15) is 4.79 Å². The monoisotopic (exact) mass is 493 g/mol. The van der Waals surface area contributed by atoms with Gasteiger partial charge in [-0.05, 0) is 75.0 Å². The maximum absolute atomic E-state index is 12.3. The van der Waals surface area contributed by atoms with E-state index in [-0.39, 0.29) is 24.6 Å². The van der Waals surface area contributed by atoms with Gasteiger partial charge in [-0.15, -0.1) is 0 Å². The molecule has 0 bridgehead atoms. The zero-order valence-electron chi connectivity index (χ0n) is 20.7.